The largest absolute Gasteiger partial charge is 0.324 e. The molecule has 1 fully saturated rings. The fraction of sp³-hybridized carbons (Fsp3) is 0.462. The summed E-state index contributed by atoms with van der Waals surface area (Å²) >= 11 is 9.26. The number of piperidine rings is 1. The van der Waals surface area contributed by atoms with Crippen LogP contribution in [0.1, 0.15) is 19.8 Å². The highest BCUT2D eigenvalue weighted by Crippen LogP contribution is 2.26. The van der Waals surface area contributed by atoms with Gasteiger partial charge in [-0.1, -0.05) is 18.5 Å². The average molecular weight is 332 g/mol. The van der Waals surface area contributed by atoms with Crippen LogP contribution in [0.4, 0.5) is 10.5 Å². The normalized spacial score (nSPS) is 19.7. The van der Waals surface area contributed by atoms with Gasteiger partial charge >= 0.3 is 6.03 Å². The highest BCUT2D eigenvalue weighted by atomic mass is 79.9. The van der Waals surface area contributed by atoms with Crippen LogP contribution >= 0.6 is 27.5 Å². The topological polar surface area (TPSA) is 32.3 Å². The van der Waals surface area contributed by atoms with Crippen molar-refractivity contribution in [2.24, 2.45) is 5.92 Å². The molecule has 0 spiro atoms. The number of nitrogens with zero attached hydrogens (tertiary/aromatic N) is 1. The molecule has 98 valence electrons. The first kappa shape index (κ1) is 13.7. The number of anilines is 1. The van der Waals surface area contributed by atoms with Crippen LogP contribution in [-0.2, 0) is 0 Å². The maximum Gasteiger partial charge on any atom is 0.321 e. The molecule has 2 rings (SSSR count). The summed E-state index contributed by atoms with van der Waals surface area (Å²) in [5.74, 6) is 0.582. The van der Waals surface area contributed by atoms with Crippen molar-refractivity contribution in [3.8, 4) is 0 Å². The molecule has 1 aromatic rings. The molecule has 0 saturated carbocycles. The van der Waals surface area contributed by atoms with Gasteiger partial charge in [0.1, 0.15) is 0 Å². The van der Waals surface area contributed by atoms with E-state index in [1.165, 1.54) is 6.42 Å². The molecule has 1 saturated heterocycles. The van der Waals surface area contributed by atoms with Crippen molar-refractivity contribution >= 4 is 39.2 Å². The highest BCUT2D eigenvalue weighted by molar-refractivity contribution is 9.10. The summed E-state index contributed by atoms with van der Waals surface area (Å²) in [5, 5.41) is 3.55. The molecule has 3 nitrogen and oxygen atoms in total. The van der Waals surface area contributed by atoms with Crippen LogP contribution in [0.25, 0.3) is 0 Å². The number of halogens is 2. The van der Waals surface area contributed by atoms with Gasteiger partial charge in [-0.2, -0.15) is 0 Å². The minimum absolute atomic E-state index is 0.0374. The van der Waals surface area contributed by atoms with Gasteiger partial charge in [0.05, 0.1) is 5.69 Å². The molecular weight excluding hydrogens is 316 g/mol. The van der Waals surface area contributed by atoms with Crippen molar-refractivity contribution in [3.05, 3.63) is 27.7 Å². The van der Waals surface area contributed by atoms with Crippen molar-refractivity contribution in [3.63, 3.8) is 0 Å². The summed E-state index contributed by atoms with van der Waals surface area (Å²) in [4.78, 5) is 14.0. The SMILES string of the molecule is CC1CCCN(C(=O)Nc2ccc(Cl)cc2Br)C1. The Morgan fingerprint density at radius 3 is 3.00 bits per heavy atom. The van der Waals surface area contributed by atoms with E-state index in [0.29, 0.717) is 10.9 Å². The average Bonchev–Trinajstić information content (AvgIpc) is 2.32. The first-order chi connectivity index (χ1) is 8.56. The van der Waals surface area contributed by atoms with Crippen LogP contribution < -0.4 is 5.32 Å². The van der Waals surface area contributed by atoms with Crippen LogP contribution in [0.2, 0.25) is 5.02 Å². The number of likely N-dealkylation sites (tertiary alicyclic amines) is 1. The lowest BCUT2D eigenvalue weighted by Crippen LogP contribution is -2.41. The minimum atomic E-state index is -0.0374. The first-order valence-corrected chi connectivity index (χ1v) is 7.24. The quantitative estimate of drug-likeness (QED) is 0.814. The molecule has 0 aromatic heterocycles. The Morgan fingerprint density at radius 1 is 1.56 bits per heavy atom. The minimum Gasteiger partial charge on any atom is -0.324 e. The number of amides is 2. The molecule has 1 aromatic carbocycles. The Balaban J connectivity index is 2.02. The number of nitrogens with one attached hydrogen (secondary N) is 1. The van der Waals surface area contributed by atoms with Gasteiger partial charge in [0.15, 0.2) is 0 Å². The van der Waals surface area contributed by atoms with Gasteiger partial charge in [0.25, 0.3) is 0 Å². The molecule has 1 aliphatic rings. The molecule has 0 aliphatic carbocycles. The van der Waals surface area contributed by atoms with E-state index in [1.807, 2.05) is 4.90 Å². The molecule has 1 atom stereocenters. The zero-order valence-corrected chi connectivity index (χ0v) is 12.6. The number of hydrogen-bond acceptors (Lipinski definition) is 1. The molecule has 5 heteroatoms. The third-order valence-corrected chi connectivity index (χ3v) is 4.01. The molecule has 18 heavy (non-hydrogen) atoms. The number of urea groups is 1. The summed E-state index contributed by atoms with van der Waals surface area (Å²) in [6, 6.07) is 5.30. The molecule has 1 unspecified atom stereocenters. The second-order valence-electron chi connectivity index (χ2n) is 4.75. The van der Waals surface area contributed by atoms with E-state index in [2.05, 4.69) is 28.2 Å². The van der Waals surface area contributed by atoms with E-state index in [-0.39, 0.29) is 6.03 Å². The number of hydrogen-bond donors (Lipinski definition) is 1. The second kappa shape index (κ2) is 5.93. The first-order valence-electron chi connectivity index (χ1n) is 6.07. The zero-order chi connectivity index (χ0) is 13.1. The molecule has 1 N–H and O–H groups in total. The molecule has 1 heterocycles. The van der Waals surface area contributed by atoms with Gasteiger partial charge in [-0.25, -0.2) is 4.79 Å². The lowest BCUT2D eigenvalue weighted by Gasteiger charge is -2.31. The second-order valence-corrected chi connectivity index (χ2v) is 6.04. The molecular formula is C13H16BrClN2O. The molecule has 0 radical (unpaired) electrons. The van der Waals surface area contributed by atoms with Crippen molar-refractivity contribution in [1.82, 2.24) is 4.90 Å². The third-order valence-electron chi connectivity index (χ3n) is 3.12. The van der Waals surface area contributed by atoms with Crippen LogP contribution in [0.3, 0.4) is 0 Å². The van der Waals surface area contributed by atoms with Crippen molar-refractivity contribution in [1.29, 1.82) is 0 Å². The van der Waals surface area contributed by atoms with Crippen LogP contribution in [-0.4, -0.2) is 24.0 Å². The van der Waals surface area contributed by atoms with Crippen LogP contribution in [0, 0.1) is 5.92 Å². The maximum absolute atomic E-state index is 12.1. The Hall–Kier alpha value is -0.740. The third kappa shape index (κ3) is 3.39. The Kier molecular flexibility index (Phi) is 4.51. The van der Waals surface area contributed by atoms with E-state index in [0.717, 1.165) is 29.7 Å². The van der Waals surface area contributed by atoms with Crippen LogP contribution in [0.15, 0.2) is 22.7 Å². The summed E-state index contributed by atoms with van der Waals surface area (Å²) in [5.41, 5.74) is 0.752. The molecule has 0 bridgehead atoms. The summed E-state index contributed by atoms with van der Waals surface area (Å²) in [7, 11) is 0. The van der Waals surface area contributed by atoms with E-state index in [9.17, 15) is 4.79 Å². The van der Waals surface area contributed by atoms with Crippen molar-refractivity contribution in [2.45, 2.75) is 19.8 Å². The number of carbonyl (C=O) groups excluding carboxylic acids is 1. The number of carbonyl (C=O) groups is 1. The smallest absolute Gasteiger partial charge is 0.321 e. The standard InChI is InChI=1S/C13H16BrClN2O/c1-9-3-2-6-17(8-9)13(18)16-12-5-4-10(15)7-11(12)14/h4-5,7,9H,2-3,6,8H2,1H3,(H,16,18). The Bertz CT molecular complexity index is 453. The number of benzene rings is 1. The van der Waals surface area contributed by atoms with Gasteiger partial charge in [0.2, 0.25) is 0 Å². The van der Waals surface area contributed by atoms with E-state index in [1.54, 1.807) is 18.2 Å². The zero-order valence-electron chi connectivity index (χ0n) is 10.2. The predicted molar refractivity (Wildman–Crippen MR) is 78.1 cm³/mol. The Labute approximate surface area is 121 Å². The number of rotatable bonds is 1. The predicted octanol–water partition coefficient (Wildman–Crippen LogP) is 4.37. The van der Waals surface area contributed by atoms with Gasteiger partial charge in [-0.3, -0.25) is 0 Å². The molecule has 2 amide bonds. The van der Waals surface area contributed by atoms with Gasteiger partial charge in [0, 0.05) is 22.6 Å². The fourth-order valence-corrected chi connectivity index (χ4v) is 2.94. The lowest BCUT2D eigenvalue weighted by atomic mass is 10.0. The summed E-state index contributed by atoms with van der Waals surface area (Å²) < 4.78 is 0.799. The highest BCUT2D eigenvalue weighted by Gasteiger charge is 2.21. The van der Waals surface area contributed by atoms with Crippen molar-refractivity contribution < 1.29 is 4.79 Å². The molecule has 1 aliphatic heterocycles. The fourth-order valence-electron chi connectivity index (χ4n) is 2.16. The summed E-state index contributed by atoms with van der Waals surface area (Å²) in [6.07, 6.45) is 2.28. The monoisotopic (exact) mass is 330 g/mol. The maximum atomic E-state index is 12.1. The van der Waals surface area contributed by atoms with Crippen molar-refractivity contribution in [2.75, 3.05) is 18.4 Å². The van der Waals surface area contributed by atoms with Gasteiger partial charge in [-0.05, 0) is 52.9 Å². The van der Waals surface area contributed by atoms with E-state index < -0.39 is 0 Å². The van der Waals surface area contributed by atoms with E-state index in [4.69, 9.17) is 11.6 Å². The van der Waals surface area contributed by atoms with Crippen LogP contribution in [0.5, 0.6) is 0 Å². The van der Waals surface area contributed by atoms with E-state index >= 15 is 0 Å². The summed E-state index contributed by atoms with van der Waals surface area (Å²) in [6.45, 7) is 3.84. The Morgan fingerprint density at radius 2 is 2.33 bits per heavy atom. The lowest BCUT2D eigenvalue weighted by molar-refractivity contribution is 0.182. The van der Waals surface area contributed by atoms with Gasteiger partial charge in [-0.15, -0.1) is 0 Å². The van der Waals surface area contributed by atoms with Gasteiger partial charge < -0.3 is 10.2 Å².